The van der Waals surface area contributed by atoms with Crippen molar-refractivity contribution in [2.75, 3.05) is 11.1 Å². The van der Waals surface area contributed by atoms with E-state index in [9.17, 15) is 4.79 Å². The number of oxazole rings is 1. The Labute approximate surface area is 147 Å². The van der Waals surface area contributed by atoms with E-state index in [4.69, 9.17) is 27.6 Å². The van der Waals surface area contributed by atoms with Crippen molar-refractivity contribution >= 4 is 57.7 Å². The highest BCUT2D eigenvalue weighted by molar-refractivity contribution is 7.99. The van der Waals surface area contributed by atoms with E-state index in [2.05, 4.69) is 10.3 Å². The predicted molar refractivity (Wildman–Crippen MR) is 94.4 cm³/mol. The fraction of sp³-hybridized carbons (Fsp3) is 0.125. The molecule has 4 nitrogen and oxygen atoms in total. The molecule has 1 N–H and O–H groups in total. The van der Waals surface area contributed by atoms with Crippen molar-refractivity contribution < 1.29 is 9.21 Å². The Balaban J connectivity index is 1.51. The molecule has 7 heteroatoms. The first-order valence-corrected chi connectivity index (χ1v) is 8.59. The van der Waals surface area contributed by atoms with Crippen molar-refractivity contribution in [1.82, 2.24) is 4.98 Å². The molecule has 0 radical (unpaired) electrons. The van der Waals surface area contributed by atoms with E-state index in [1.807, 2.05) is 24.3 Å². The van der Waals surface area contributed by atoms with Gasteiger partial charge in [-0.05, 0) is 30.3 Å². The third kappa shape index (κ3) is 4.19. The normalized spacial score (nSPS) is 10.9. The van der Waals surface area contributed by atoms with Crippen LogP contribution in [0.4, 0.5) is 5.69 Å². The number of para-hydroxylation sites is 2. The van der Waals surface area contributed by atoms with Crippen LogP contribution in [0.5, 0.6) is 0 Å². The van der Waals surface area contributed by atoms with Crippen LogP contribution in [0.2, 0.25) is 10.0 Å². The van der Waals surface area contributed by atoms with Crippen LogP contribution in [0.15, 0.2) is 52.1 Å². The van der Waals surface area contributed by atoms with Gasteiger partial charge in [0.15, 0.2) is 5.58 Å². The zero-order valence-corrected chi connectivity index (χ0v) is 14.2. The van der Waals surface area contributed by atoms with Crippen LogP contribution in [0, 0.1) is 0 Å². The second kappa shape index (κ2) is 7.25. The molecule has 118 valence electrons. The molecular weight excluding hydrogens is 355 g/mol. The monoisotopic (exact) mass is 366 g/mol. The lowest BCUT2D eigenvalue weighted by atomic mass is 10.3. The van der Waals surface area contributed by atoms with Gasteiger partial charge in [0.1, 0.15) is 5.52 Å². The van der Waals surface area contributed by atoms with Gasteiger partial charge in [-0.2, -0.15) is 0 Å². The third-order valence-electron chi connectivity index (χ3n) is 3.03. The molecule has 0 saturated carbocycles. The summed E-state index contributed by atoms with van der Waals surface area (Å²) in [5.41, 5.74) is 2.18. The summed E-state index contributed by atoms with van der Waals surface area (Å²) in [5.74, 6) is 0.465. The number of hydrogen-bond acceptors (Lipinski definition) is 4. The Kier molecular flexibility index (Phi) is 5.10. The molecule has 0 aliphatic carbocycles. The minimum Gasteiger partial charge on any atom is -0.431 e. The first-order valence-electron chi connectivity index (χ1n) is 6.85. The lowest BCUT2D eigenvalue weighted by Gasteiger charge is -2.05. The number of benzene rings is 2. The van der Waals surface area contributed by atoms with Crippen molar-refractivity contribution in [2.24, 2.45) is 0 Å². The molecule has 3 rings (SSSR count). The molecule has 0 aliphatic heterocycles. The van der Waals surface area contributed by atoms with Crippen molar-refractivity contribution in [1.29, 1.82) is 0 Å². The molecule has 2 aromatic carbocycles. The van der Waals surface area contributed by atoms with E-state index >= 15 is 0 Å². The van der Waals surface area contributed by atoms with Gasteiger partial charge >= 0.3 is 0 Å². The molecular formula is C16H12Cl2N2O2S. The summed E-state index contributed by atoms with van der Waals surface area (Å²) in [7, 11) is 0. The average Bonchev–Trinajstić information content (AvgIpc) is 2.93. The zero-order valence-electron chi connectivity index (χ0n) is 11.9. The number of aromatic nitrogens is 1. The number of thioether (sulfide) groups is 1. The fourth-order valence-electron chi connectivity index (χ4n) is 1.94. The van der Waals surface area contributed by atoms with Crippen molar-refractivity contribution in [3.8, 4) is 0 Å². The Morgan fingerprint density at radius 1 is 1.17 bits per heavy atom. The van der Waals surface area contributed by atoms with E-state index in [1.54, 1.807) is 18.2 Å². The zero-order chi connectivity index (χ0) is 16.2. The molecule has 0 bridgehead atoms. The molecule has 0 atom stereocenters. The summed E-state index contributed by atoms with van der Waals surface area (Å²) in [5, 5.41) is 4.20. The first-order chi connectivity index (χ1) is 11.1. The number of halogens is 2. The highest BCUT2D eigenvalue weighted by Gasteiger charge is 2.08. The summed E-state index contributed by atoms with van der Waals surface area (Å²) in [6.07, 6.45) is 0.337. The molecule has 0 spiro atoms. The van der Waals surface area contributed by atoms with E-state index < -0.39 is 0 Å². The number of fused-ring (bicyclic) bond motifs is 1. The van der Waals surface area contributed by atoms with Gasteiger partial charge in [0.05, 0.1) is 10.0 Å². The largest absolute Gasteiger partial charge is 0.431 e. The van der Waals surface area contributed by atoms with E-state index in [0.29, 0.717) is 33.1 Å². The highest BCUT2D eigenvalue weighted by atomic mass is 35.5. The number of nitrogens with zero attached hydrogens (tertiary/aromatic N) is 1. The summed E-state index contributed by atoms with van der Waals surface area (Å²) in [6.45, 7) is 0. The number of rotatable bonds is 5. The maximum absolute atomic E-state index is 11.9. The minimum absolute atomic E-state index is 0.105. The second-order valence-electron chi connectivity index (χ2n) is 4.72. The number of carbonyl (C=O) groups excluding carboxylic acids is 1. The molecule has 1 amide bonds. The van der Waals surface area contributed by atoms with Crippen LogP contribution in [0.25, 0.3) is 11.1 Å². The Hall–Kier alpha value is -1.69. The number of anilines is 1. The fourth-order valence-corrected chi connectivity index (χ4v) is 3.01. The summed E-state index contributed by atoms with van der Waals surface area (Å²) in [6, 6.07) is 12.5. The molecule has 0 unspecified atom stereocenters. The maximum atomic E-state index is 11.9. The Morgan fingerprint density at radius 2 is 2.00 bits per heavy atom. The summed E-state index contributed by atoms with van der Waals surface area (Å²) in [4.78, 5) is 16.3. The average molecular weight is 367 g/mol. The molecule has 3 aromatic rings. The van der Waals surface area contributed by atoms with E-state index in [-0.39, 0.29) is 5.91 Å². The van der Waals surface area contributed by atoms with Gasteiger partial charge in [-0.25, -0.2) is 4.98 Å². The Bertz CT molecular complexity index is 818. The standard InChI is InChI=1S/C16H12Cl2N2O2S/c17-11-6-5-10(9-12(11)18)19-15(21)7-8-23-16-20-13-3-1-2-4-14(13)22-16/h1-6,9H,7-8H2,(H,19,21). The van der Waals surface area contributed by atoms with Crippen LogP contribution in [-0.2, 0) is 4.79 Å². The number of carbonyl (C=O) groups is 1. The van der Waals surface area contributed by atoms with Gasteiger partial charge in [-0.1, -0.05) is 47.1 Å². The third-order valence-corrected chi connectivity index (χ3v) is 4.60. The topological polar surface area (TPSA) is 55.1 Å². The Morgan fingerprint density at radius 3 is 2.78 bits per heavy atom. The number of nitrogens with one attached hydrogen (secondary N) is 1. The van der Waals surface area contributed by atoms with E-state index in [0.717, 1.165) is 11.1 Å². The molecule has 23 heavy (non-hydrogen) atoms. The van der Waals surface area contributed by atoms with Crippen LogP contribution < -0.4 is 5.32 Å². The summed E-state index contributed by atoms with van der Waals surface area (Å²) >= 11 is 13.2. The van der Waals surface area contributed by atoms with Gasteiger partial charge in [0.25, 0.3) is 5.22 Å². The van der Waals surface area contributed by atoms with Crippen LogP contribution in [-0.4, -0.2) is 16.6 Å². The molecule has 0 aliphatic rings. The van der Waals surface area contributed by atoms with Gasteiger partial charge in [-0.3, -0.25) is 4.79 Å². The second-order valence-corrected chi connectivity index (χ2v) is 6.58. The molecule has 0 fully saturated rings. The number of hydrogen-bond donors (Lipinski definition) is 1. The number of amides is 1. The van der Waals surface area contributed by atoms with Crippen LogP contribution >= 0.6 is 35.0 Å². The lowest BCUT2D eigenvalue weighted by Crippen LogP contribution is -2.12. The summed E-state index contributed by atoms with van der Waals surface area (Å²) < 4.78 is 5.59. The van der Waals surface area contributed by atoms with Crippen LogP contribution in [0.1, 0.15) is 6.42 Å². The van der Waals surface area contributed by atoms with Gasteiger partial charge in [0.2, 0.25) is 5.91 Å². The van der Waals surface area contributed by atoms with Gasteiger partial charge < -0.3 is 9.73 Å². The lowest BCUT2D eigenvalue weighted by molar-refractivity contribution is -0.115. The maximum Gasteiger partial charge on any atom is 0.256 e. The molecule has 1 aromatic heterocycles. The van der Waals surface area contributed by atoms with Crippen molar-refractivity contribution in [3.63, 3.8) is 0 Å². The molecule has 0 saturated heterocycles. The highest BCUT2D eigenvalue weighted by Crippen LogP contribution is 2.26. The molecule has 1 heterocycles. The predicted octanol–water partition coefficient (Wildman–Crippen LogP) is 5.26. The van der Waals surface area contributed by atoms with Crippen molar-refractivity contribution in [2.45, 2.75) is 11.6 Å². The quantitative estimate of drug-likeness (QED) is 0.626. The van der Waals surface area contributed by atoms with Crippen LogP contribution in [0.3, 0.4) is 0 Å². The first kappa shape index (κ1) is 16.2. The van der Waals surface area contributed by atoms with Crippen molar-refractivity contribution in [3.05, 3.63) is 52.5 Å². The van der Waals surface area contributed by atoms with Gasteiger partial charge in [0, 0.05) is 17.9 Å². The SMILES string of the molecule is O=C(CCSc1nc2ccccc2o1)Nc1ccc(Cl)c(Cl)c1. The minimum atomic E-state index is -0.105. The van der Waals surface area contributed by atoms with E-state index in [1.165, 1.54) is 11.8 Å². The van der Waals surface area contributed by atoms with Gasteiger partial charge in [-0.15, -0.1) is 0 Å². The smallest absolute Gasteiger partial charge is 0.256 e.